The average Bonchev–Trinajstić information content (AvgIpc) is 2.50. The van der Waals surface area contributed by atoms with E-state index in [1.807, 2.05) is 0 Å². The number of anilines is 1. The number of nitrogens with zero attached hydrogens (tertiary/aromatic N) is 1. The Morgan fingerprint density at radius 1 is 1.09 bits per heavy atom. The van der Waals surface area contributed by atoms with Crippen molar-refractivity contribution in [2.75, 3.05) is 5.73 Å². The van der Waals surface area contributed by atoms with Crippen LogP contribution in [0.25, 0.3) is 0 Å². The van der Waals surface area contributed by atoms with Crippen LogP contribution in [0.1, 0.15) is 22.6 Å². The highest BCUT2D eigenvalue weighted by atomic mass is 16.4. The lowest BCUT2D eigenvalue weighted by atomic mass is 9.87. The molecular weight excluding hydrogens is 298 g/mol. The van der Waals surface area contributed by atoms with Crippen molar-refractivity contribution in [1.29, 1.82) is 0 Å². The number of nitrogens with two attached hydrogens (primary N) is 2. The molecule has 0 amide bonds. The minimum absolute atomic E-state index is 0.0198. The summed E-state index contributed by atoms with van der Waals surface area (Å²) in [4.78, 5) is 26.7. The molecule has 0 saturated heterocycles. The fourth-order valence-corrected chi connectivity index (χ4v) is 2.35. The molecule has 1 heterocycles. The van der Waals surface area contributed by atoms with Crippen LogP contribution in [0.15, 0.2) is 42.7 Å². The first-order chi connectivity index (χ1) is 10.9. The number of hydrogen-bond acceptors (Lipinski definition) is 5. The minimum atomic E-state index is -1.15. The Labute approximate surface area is 132 Å². The van der Waals surface area contributed by atoms with Gasteiger partial charge in [0, 0.05) is 18.1 Å². The Bertz CT molecular complexity index is 716. The van der Waals surface area contributed by atoms with Gasteiger partial charge in [0.1, 0.15) is 12.0 Å². The molecule has 0 aliphatic heterocycles. The third kappa shape index (κ3) is 3.83. The lowest BCUT2D eigenvalue weighted by molar-refractivity contribution is -0.138. The largest absolute Gasteiger partial charge is 0.481 e. The summed E-state index contributed by atoms with van der Waals surface area (Å²) in [5.74, 6) is -3.18. The smallest absolute Gasteiger partial charge is 0.320 e. The molecule has 1 aromatic heterocycles. The van der Waals surface area contributed by atoms with Crippen LogP contribution in [0.3, 0.4) is 0 Å². The van der Waals surface area contributed by atoms with Gasteiger partial charge in [-0.3, -0.25) is 14.6 Å². The van der Waals surface area contributed by atoms with Crippen LogP contribution in [0.5, 0.6) is 0 Å². The molecule has 2 aromatic rings. The zero-order valence-electron chi connectivity index (χ0n) is 12.2. The van der Waals surface area contributed by atoms with Crippen LogP contribution >= 0.6 is 0 Å². The van der Waals surface area contributed by atoms with E-state index in [4.69, 9.17) is 16.6 Å². The lowest BCUT2D eigenvalue weighted by Crippen LogP contribution is -2.33. The Morgan fingerprint density at radius 2 is 1.74 bits per heavy atom. The molecule has 7 nitrogen and oxygen atoms in total. The van der Waals surface area contributed by atoms with Crippen LogP contribution in [0, 0.1) is 0 Å². The SMILES string of the molecule is Nc1ccc(C(C(=O)O)c2cnccc2C[C@H](N)C(=O)O)cc1. The quantitative estimate of drug-likeness (QED) is 0.579. The van der Waals surface area contributed by atoms with Gasteiger partial charge in [-0.15, -0.1) is 0 Å². The highest BCUT2D eigenvalue weighted by Gasteiger charge is 2.26. The van der Waals surface area contributed by atoms with Gasteiger partial charge in [0.15, 0.2) is 0 Å². The maximum Gasteiger partial charge on any atom is 0.320 e. The highest BCUT2D eigenvalue weighted by Crippen LogP contribution is 2.28. The fourth-order valence-electron chi connectivity index (χ4n) is 2.35. The molecule has 0 saturated carbocycles. The molecule has 6 N–H and O–H groups in total. The third-order valence-electron chi connectivity index (χ3n) is 3.53. The number of carbonyl (C=O) groups is 2. The summed E-state index contributed by atoms with van der Waals surface area (Å²) >= 11 is 0. The number of carboxylic acid groups (broad SMARTS) is 2. The van der Waals surface area contributed by atoms with Crippen molar-refractivity contribution >= 4 is 17.6 Å². The fraction of sp³-hybridized carbons (Fsp3) is 0.188. The Morgan fingerprint density at radius 3 is 2.30 bits per heavy atom. The standard InChI is InChI=1S/C16H17N3O4/c17-11-3-1-9(2-4-11)14(16(22)23)12-8-19-6-5-10(12)7-13(18)15(20)21/h1-6,8,13-14H,7,17-18H2,(H,20,21)(H,22,23)/t13-,14?/m0/s1. The molecule has 1 aromatic carbocycles. The molecule has 7 heteroatoms. The van der Waals surface area contributed by atoms with Gasteiger partial charge in [0.25, 0.3) is 0 Å². The third-order valence-corrected chi connectivity index (χ3v) is 3.53. The summed E-state index contributed by atoms with van der Waals surface area (Å²) in [6, 6.07) is 6.96. The maximum atomic E-state index is 11.8. The van der Waals surface area contributed by atoms with Gasteiger partial charge in [-0.2, -0.15) is 0 Å². The number of carboxylic acids is 2. The minimum Gasteiger partial charge on any atom is -0.481 e. The highest BCUT2D eigenvalue weighted by molar-refractivity contribution is 5.81. The Kier molecular flexibility index (Phi) is 4.92. The zero-order chi connectivity index (χ0) is 17.0. The number of nitrogen functional groups attached to an aromatic ring is 1. The van der Waals surface area contributed by atoms with E-state index in [0.29, 0.717) is 22.4 Å². The summed E-state index contributed by atoms with van der Waals surface area (Å²) in [7, 11) is 0. The van der Waals surface area contributed by atoms with Gasteiger partial charge in [-0.25, -0.2) is 0 Å². The molecule has 23 heavy (non-hydrogen) atoms. The summed E-state index contributed by atoms with van der Waals surface area (Å²) in [5, 5.41) is 18.6. The van der Waals surface area contributed by atoms with Crippen molar-refractivity contribution in [3.05, 3.63) is 59.4 Å². The van der Waals surface area contributed by atoms with Crippen LogP contribution in [-0.2, 0) is 16.0 Å². The second kappa shape index (κ2) is 6.89. The second-order valence-corrected chi connectivity index (χ2v) is 5.16. The first kappa shape index (κ1) is 16.4. The van der Waals surface area contributed by atoms with Crippen LogP contribution in [0.4, 0.5) is 5.69 Å². The predicted molar refractivity (Wildman–Crippen MR) is 83.9 cm³/mol. The van der Waals surface area contributed by atoms with E-state index in [0.717, 1.165) is 0 Å². The van der Waals surface area contributed by atoms with Crippen molar-refractivity contribution in [3.8, 4) is 0 Å². The first-order valence-corrected chi connectivity index (χ1v) is 6.89. The average molecular weight is 315 g/mol. The van der Waals surface area contributed by atoms with Gasteiger partial charge in [-0.05, 0) is 41.3 Å². The molecule has 0 fully saturated rings. The Hall–Kier alpha value is -2.93. The van der Waals surface area contributed by atoms with E-state index in [1.165, 1.54) is 12.4 Å². The number of rotatable bonds is 6. The maximum absolute atomic E-state index is 11.8. The first-order valence-electron chi connectivity index (χ1n) is 6.89. The summed E-state index contributed by atoms with van der Waals surface area (Å²) in [5.41, 5.74) is 13.2. The number of aliphatic carboxylic acids is 2. The molecule has 2 atom stereocenters. The predicted octanol–water partition coefficient (Wildman–Crippen LogP) is 0.835. The van der Waals surface area contributed by atoms with Gasteiger partial charge < -0.3 is 21.7 Å². The summed E-state index contributed by atoms with van der Waals surface area (Å²) < 4.78 is 0. The Balaban J connectivity index is 2.46. The molecule has 2 rings (SSSR count). The van der Waals surface area contributed by atoms with Crippen LogP contribution < -0.4 is 11.5 Å². The molecular formula is C16H17N3O4. The van der Waals surface area contributed by atoms with Crippen molar-refractivity contribution < 1.29 is 19.8 Å². The van der Waals surface area contributed by atoms with Crippen molar-refractivity contribution in [1.82, 2.24) is 4.98 Å². The van der Waals surface area contributed by atoms with Gasteiger partial charge in [-0.1, -0.05) is 12.1 Å². The molecule has 1 unspecified atom stereocenters. The van der Waals surface area contributed by atoms with E-state index >= 15 is 0 Å². The van der Waals surface area contributed by atoms with Gasteiger partial charge in [0.05, 0.1) is 0 Å². The van der Waals surface area contributed by atoms with Crippen LogP contribution in [-0.4, -0.2) is 33.2 Å². The van der Waals surface area contributed by atoms with Gasteiger partial charge in [0.2, 0.25) is 0 Å². The molecule has 0 spiro atoms. The van der Waals surface area contributed by atoms with E-state index in [1.54, 1.807) is 30.3 Å². The zero-order valence-corrected chi connectivity index (χ0v) is 12.2. The number of aromatic nitrogens is 1. The summed E-state index contributed by atoms with van der Waals surface area (Å²) in [6.45, 7) is 0. The van der Waals surface area contributed by atoms with E-state index in [2.05, 4.69) is 4.98 Å². The number of benzene rings is 1. The topological polar surface area (TPSA) is 140 Å². The lowest BCUT2D eigenvalue weighted by Gasteiger charge is -2.18. The van der Waals surface area contributed by atoms with E-state index < -0.39 is 23.9 Å². The van der Waals surface area contributed by atoms with Crippen LogP contribution in [0.2, 0.25) is 0 Å². The van der Waals surface area contributed by atoms with Gasteiger partial charge >= 0.3 is 11.9 Å². The molecule has 120 valence electrons. The molecule has 0 bridgehead atoms. The molecule has 0 radical (unpaired) electrons. The van der Waals surface area contributed by atoms with Crippen molar-refractivity contribution in [3.63, 3.8) is 0 Å². The molecule has 0 aliphatic carbocycles. The van der Waals surface area contributed by atoms with Crippen molar-refractivity contribution in [2.24, 2.45) is 5.73 Å². The van der Waals surface area contributed by atoms with E-state index in [9.17, 15) is 14.7 Å². The molecule has 0 aliphatic rings. The normalized spacial score (nSPS) is 13.3. The number of hydrogen-bond donors (Lipinski definition) is 4. The second-order valence-electron chi connectivity index (χ2n) is 5.16. The summed E-state index contributed by atoms with van der Waals surface area (Å²) in [6.07, 6.45) is 2.93. The monoisotopic (exact) mass is 315 g/mol. The van der Waals surface area contributed by atoms with Crippen molar-refractivity contribution in [2.45, 2.75) is 18.4 Å². The van der Waals surface area contributed by atoms with E-state index in [-0.39, 0.29) is 6.42 Å². The number of pyridine rings is 1.